The minimum atomic E-state index is -0.202. The maximum atomic E-state index is 11.7. The van der Waals surface area contributed by atoms with Crippen molar-refractivity contribution in [3.63, 3.8) is 0 Å². The van der Waals surface area contributed by atoms with E-state index in [2.05, 4.69) is 17.6 Å². The van der Waals surface area contributed by atoms with Gasteiger partial charge in [0.25, 0.3) is 5.91 Å². The molecule has 1 saturated heterocycles. The van der Waals surface area contributed by atoms with E-state index in [-0.39, 0.29) is 23.8 Å². The third kappa shape index (κ3) is 3.78. The van der Waals surface area contributed by atoms with Crippen molar-refractivity contribution in [2.75, 3.05) is 26.3 Å². The average Bonchev–Trinajstić information content (AvgIpc) is 2.77. The van der Waals surface area contributed by atoms with Crippen LogP contribution in [0.5, 0.6) is 0 Å². The third-order valence-corrected chi connectivity index (χ3v) is 3.99. The summed E-state index contributed by atoms with van der Waals surface area (Å²) in [6.07, 6.45) is 0. The van der Waals surface area contributed by atoms with E-state index in [1.54, 1.807) is 6.07 Å². The second-order valence-electron chi connectivity index (χ2n) is 5.17. The lowest BCUT2D eigenvalue weighted by Gasteiger charge is -2.38. The van der Waals surface area contributed by atoms with Gasteiger partial charge in [0.05, 0.1) is 24.6 Å². The average molecular weight is 282 g/mol. The van der Waals surface area contributed by atoms with Gasteiger partial charge in [-0.05, 0) is 19.1 Å². The molecule has 1 aromatic heterocycles. The summed E-state index contributed by atoms with van der Waals surface area (Å²) >= 11 is 1.42. The van der Waals surface area contributed by atoms with Crippen LogP contribution >= 0.6 is 11.3 Å². The fourth-order valence-electron chi connectivity index (χ4n) is 1.73. The molecule has 0 atom stereocenters. The van der Waals surface area contributed by atoms with Crippen LogP contribution in [0.3, 0.4) is 0 Å². The summed E-state index contributed by atoms with van der Waals surface area (Å²) in [6.45, 7) is 5.94. The van der Waals surface area contributed by atoms with Crippen LogP contribution in [0.1, 0.15) is 21.5 Å². The maximum absolute atomic E-state index is 11.7. The molecule has 1 aliphatic rings. The molecule has 0 saturated carbocycles. The number of hydrogen-bond donors (Lipinski definition) is 2. The van der Waals surface area contributed by atoms with Gasteiger partial charge in [-0.2, -0.15) is 0 Å². The van der Waals surface area contributed by atoms with E-state index in [1.807, 2.05) is 13.0 Å². The van der Waals surface area contributed by atoms with Crippen LogP contribution < -0.4 is 10.6 Å². The molecule has 6 heteroatoms. The van der Waals surface area contributed by atoms with Crippen LogP contribution in [0, 0.1) is 12.3 Å². The number of carbonyl (C=O) groups excluding carboxylic acids is 2. The number of hydrogen-bond acceptors (Lipinski definition) is 4. The number of nitrogens with one attached hydrogen (secondary N) is 2. The van der Waals surface area contributed by atoms with E-state index in [0.29, 0.717) is 24.6 Å². The van der Waals surface area contributed by atoms with E-state index in [9.17, 15) is 9.59 Å². The normalized spacial score (nSPS) is 16.5. The van der Waals surface area contributed by atoms with Crippen molar-refractivity contribution in [3.05, 3.63) is 21.9 Å². The van der Waals surface area contributed by atoms with Crippen molar-refractivity contribution >= 4 is 23.2 Å². The Hall–Kier alpha value is -1.40. The Kier molecular flexibility index (Phi) is 4.21. The number of thiophene rings is 1. The van der Waals surface area contributed by atoms with Gasteiger partial charge >= 0.3 is 0 Å². The summed E-state index contributed by atoms with van der Waals surface area (Å²) in [5, 5.41) is 5.42. The fraction of sp³-hybridized carbons (Fsp3) is 0.538. The predicted octanol–water partition coefficient (Wildman–Crippen LogP) is 0.939. The van der Waals surface area contributed by atoms with Gasteiger partial charge in [0, 0.05) is 16.8 Å². The molecule has 2 heterocycles. The Balaban J connectivity index is 1.70. The van der Waals surface area contributed by atoms with E-state index in [1.165, 1.54) is 11.3 Å². The molecule has 0 spiro atoms. The highest BCUT2D eigenvalue weighted by Crippen LogP contribution is 2.24. The summed E-state index contributed by atoms with van der Waals surface area (Å²) in [6, 6.07) is 3.65. The lowest BCUT2D eigenvalue weighted by Crippen LogP contribution is -2.50. The topological polar surface area (TPSA) is 67.4 Å². The first-order chi connectivity index (χ1) is 8.98. The molecular weight excluding hydrogens is 264 g/mol. The largest absolute Gasteiger partial charge is 0.380 e. The van der Waals surface area contributed by atoms with Gasteiger partial charge in [0.2, 0.25) is 5.91 Å². The summed E-state index contributed by atoms with van der Waals surface area (Å²) in [5.74, 6) is -0.374. The number of ether oxygens (including phenoxy) is 1. The summed E-state index contributed by atoms with van der Waals surface area (Å²) in [5.41, 5.74) is 0.0462. The maximum Gasteiger partial charge on any atom is 0.261 e. The monoisotopic (exact) mass is 282 g/mol. The molecule has 1 aromatic rings. The zero-order chi connectivity index (χ0) is 13.9. The van der Waals surface area contributed by atoms with Gasteiger partial charge in [0.1, 0.15) is 0 Å². The molecule has 2 N–H and O–H groups in total. The zero-order valence-corrected chi connectivity index (χ0v) is 11.9. The molecule has 0 bridgehead atoms. The Labute approximate surface area is 116 Å². The zero-order valence-electron chi connectivity index (χ0n) is 11.1. The minimum Gasteiger partial charge on any atom is -0.380 e. The molecule has 2 rings (SSSR count). The lowest BCUT2D eigenvalue weighted by molar-refractivity contribution is -0.125. The standard InChI is InChI=1S/C13H18N2O3S/c1-9-3-4-10(19-9)12(17)14-5-11(16)15-6-13(2)7-18-8-13/h3-4H,5-8H2,1-2H3,(H,14,17)(H,15,16). The van der Waals surface area contributed by atoms with Crippen molar-refractivity contribution in [1.29, 1.82) is 0 Å². The third-order valence-electron chi connectivity index (χ3n) is 2.99. The quantitative estimate of drug-likeness (QED) is 0.844. The van der Waals surface area contributed by atoms with Crippen molar-refractivity contribution in [3.8, 4) is 0 Å². The number of aryl methyl sites for hydroxylation is 1. The molecule has 19 heavy (non-hydrogen) atoms. The van der Waals surface area contributed by atoms with Gasteiger partial charge < -0.3 is 15.4 Å². The van der Waals surface area contributed by atoms with Crippen LogP contribution in [0.15, 0.2) is 12.1 Å². The molecule has 0 aliphatic carbocycles. The predicted molar refractivity (Wildman–Crippen MR) is 73.3 cm³/mol. The molecule has 2 amide bonds. The van der Waals surface area contributed by atoms with Gasteiger partial charge in [0.15, 0.2) is 0 Å². The Morgan fingerprint density at radius 2 is 2.11 bits per heavy atom. The molecule has 0 aromatic carbocycles. The van der Waals surface area contributed by atoms with E-state index in [0.717, 1.165) is 4.88 Å². The molecule has 0 radical (unpaired) electrons. The highest BCUT2D eigenvalue weighted by atomic mass is 32.1. The van der Waals surface area contributed by atoms with Gasteiger partial charge in [-0.15, -0.1) is 11.3 Å². The summed E-state index contributed by atoms with van der Waals surface area (Å²) in [4.78, 5) is 25.0. The summed E-state index contributed by atoms with van der Waals surface area (Å²) < 4.78 is 5.11. The van der Waals surface area contributed by atoms with Gasteiger partial charge in [-0.25, -0.2) is 0 Å². The lowest BCUT2D eigenvalue weighted by atomic mass is 9.89. The molecule has 1 aliphatic heterocycles. The Bertz CT molecular complexity index is 480. The van der Waals surface area contributed by atoms with Crippen molar-refractivity contribution in [2.45, 2.75) is 13.8 Å². The van der Waals surface area contributed by atoms with E-state index in [4.69, 9.17) is 4.74 Å². The van der Waals surface area contributed by atoms with Gasteiger partial charge in [-0.1, -0.05) is 6.92 Å². The smallest absolute Gasteiger partial charge is 0.261 e. The summed E-state index contributed by atoms with van der Waals surface area (Å²) in [7, 11) is 0. The number of carbonyl (C=O) groups is 2. The SMILES string of the molecule is Cc1ccc(C(=O)NCC(=O)NCC2(C)COC2)s1. The van der Waals surface area contributed by atoms with E-state index >= 15 is 0 Å². The minimum absolute atomic E-state index is 0.00666. The molecule has 0 unspecified atom stereocenters. The van der Waals surface area contributed by atoms with Crippen molar-refractivity contribution in [1.82, 2.24) is 10.6 Å². The molecule has 1 fully saturated rings. The first-order valence-corrected chi connectivity index (χ1v) is 6.99. The highest BCUT2D eigenvalue weighted by Gasteiger charge is 2.33. The van der Waals surface area contributed by atoms with Crippen LogP contribution in [0.2, 0.25) is 0 Å². The second-order valence-corrected chi connectivity index (χ2v) is 6.46. The number of rotatable bonds is 5. The van der Waals surface area contributed by atoms with E-state index < -0.39 is 0 Å². The van der Waals surface area contributed by atoms with Crippen LogP contribution in [0.4, 0.5) is 0 Å². The fourth-order valence-corrected chi connectivity index (χ4v) is 2.52. The van der Waals surface area contributed by atoms with Crippen LogP contribution in [-0.4, -0.2) is 38.1 Å². The van der Waals surface area contributed by atoms with Crippen LogP contribution in [0.25, 0.3) is 0 Å². The second kappa shape index (κ2) is 5.71. The Morgan fingerprint density at radius 3 is 2.63 bits per heavy atom. The van der Waals surface area contributed by atoms with Crippen molar-refractivity contribution < 1.29 is 14.3 Å². The number of amides is 2. The molecular formula is C13H18N2O3S. The molecule has 104 valence electrons. The highest BCUT2D eigenvalue weighted by molar-refractivity contribution is 7.13. The Morgan fingerprint density at radius 1 is 1.37 bits per heavy atom. The first kappa shape index (κ1) is 14.0. The van der Waals surface area contributed by atoms with Crippen LogP contribution in [-0.2, 0) is 9.53 Å². The van der Waals surface area contributed by atoms with Gasteiger partial charge in [-0.3, -0.25) is 9.59 Å². The van der Waals surface area contributed by atoms with Crippen molar-refractivity contribution in [2.24, 2.45) is 5.41 Å². The first-order valence-electron chi connectivity index (χ1n) is 6.18. The molecule has 5 nitrogen and oxygen atoms in total.